The Labute approximate surface area is 156 Å². The Morgan fingerprint density at radius 3 is 2.04 bits per heavy atom. The van der Waals surface area contributed by atoms with Gasteiger partial charge in [-0.2, -0.15) is 0 Å². The van der Waals surface area contributed by atoms with Crippen LogP contribution in [-0.4, -0.2) is 17.4 Å². The van der Waals surface area contributed by atoms with Crippen LogP contribution in [0.25, 0.3) is 0 Å². The van der Waals surface area contributed by atoms with Crippen molar-refractivity contribution < 1.29 is 4.79 Å². The van der Waals surface area contributed by atoms with Crippen molar-refractivity contribution in [1.29, 1.82) is 0 Å². The SMILES string of the molecule is CCC(C)C(CCC(C)C)CSC(=O)CCCCCCCCCN. The van der Waals surface area contributed by atoms with Gasteiger partial charge in [0.1, 0.15) is 0 Å². The number of hydrogen-bond donors (Lipinski definition) is 1. The van der Waals surface area contributed by atoms with Crippen molar-refractivity contribution in [2.24, 2.45) is 23.5 Å². The summed E-state index contributed by atoms with van der Waals surface area (Å²) in [5, 5.41) is 0.413. The van der Waals surface area contributed by atoms with Gasteiger partial charge in [-0.25, -0.2) is 0 Å². The molecule has 2 unspecified atom stereocenters. The molecule has 0 rings (SSSR count). The molecule has 0 heterocycles. The maximum absolute atomic E-state index is 12.1. The van der Waals surface area contributed by atoms with Crippen molar-refractivity contribution >= 4 is 16.9 Å². The summed E-state index contributed by atoms with van der Waals surface area (Å²) in [6.45, 7) is 10.0. The molecular weight excluding hydrogens is 314 g/mol. The maximum Gasteiger partial charge on any atom is 0.188 e. The Kier molecular flexibility index (Phi) is 16.4. The van der Waals surface area contributed by atoms with Crippen molar-refractivity contribution in [2.45, 2.75) is 98.3 Å². The minimum atomic E-state index is 0.413. The average Bonchev–Trinajstić information content (AvgIpc) is 2.56. The lowest BCUT2D eigenvalue weighted by Crippen LogP contribution is -2.16. The van der Waals surface area contributed by atoms with Crippen LogP contribution in [0, 0.1) is 17.8 Å². The van der Waals surface area contributed by atoms with Gasteiger partial charge in [0, 0.05) is 12.2 Å². The number of unbranched alkanes of at least 4 members (excludes halogenated alkanes) is 6. The van der Waals surface area contributed by atoms with Gasteiger partial charge >= 0.3 is 0 Å². The summed E-state index contributed by atoms with van der Waals surface area (Å²) >= 11 is 1.60. The fourth-order valence-corrected chi connectivity index (χ4v) is 4.17. The van der Waals surface area contributed by atoms with Crippen molar-refractivity contribution in [3.8, 4) is 0 Å². The Morgan fingerprint density at radius 1 is 0.917 bits per heavy atom. The number of nitrogens with two attached hydrogens (primary N) is 1. The summed E-state index contributed by atoms with van der Waals surface area (Å²) in [7, 11) is 0. The van der Waals surface area contributed by atoms with E-state index in [1.165, 1.54) is 51.4 Å². The van der Waals surface area contributed by atoms with E-state index in [1.807, 2.05) is 0 Å². The molecule has 3 heteroatoms. The van der Waals surface area contributed by atoms with Crippen LogP contribution in [0.15, 0.2) is 0 Å². The standard InChI is InChI=1S/C21H43NOS/c1-5-19(4)20(15-14-18(2)3)17-24-21(23)13-11-9-7-6-8-10-12-16-22/h18-20H,5-17,22H2,1-4H3. The van der Waals surface area contributed by atoms with E-state index < -0.39 is 0 Å². The van der Waals surface area contributed by atoms with Crippen molar-refractivity contribution in [2.75, 3.05) is 12.3 Å². The molecule has 2 nitrogen and oxygen atoms in total. The maximum atomic E-state index is 12.1. The Morgan fingerprint density at radius 2 is 1.50 bits per heavy atom. The molecular formula is C21H43NOS. The second kappa shape index (κ2) is 16.4. The normalized spacial score (nSPS) is 14.1. The van der Waals surface area contributed by atoms with Crippen LogP contribution < -0.4 is 5.73 Å². The van der Waals surface area contributed by atoms with E-state index in [9.17, 15) is 4.79 Å². The zero-order valence-corrected chi connectivity index (χ0v) is 17.6. The molecule has 0 aromatic carbocycles. The van der Waals surface area contributed by atoms with Crippen LogP contribution in [0.5, 0.6) is 0 Å². The molecule has 0 spiro atoms. The van der Waals surface area contributed by atoms with Gasteiger partial charge in [0.05, 0.1) is 0 Å². The van der Waals surface area contributed by atoms with E-state index in [4.69, 9.17) is 5.73 Å². The van der Waals surface area contributed by atoms with E-state index >= 15 is 0 Å². The zero-order valence-electron chi connectivity index (χ0n) is 16.8. The molecule has 0 aliphatic carbocycles. The van der Waals surface area contributed by atoms with Crippen molar-refractivity contribution in [3.63, 3.8) is 0 Å². The third-order valence-corrected chi connectivity index (χ3v) is 6.23. The molecule has 0 bridgehead atoms. The first kappa shape index (κ1) is 24.0. The second-order valence-corrected chi connectivity index (χ2v) is 8.89. The highest BCUT2D eigenvalue weighted by atomic mass is 32.2. The van der Waals surface area contributed by atoms with Gasteiger partial charge in [-0.1, -0.05) is 84.4 Å². The van der Waals surface area contributed by atoms with E-state index in [0.717, 1.165) is 43.4 Å². The lowest BCUT2D eigenvalue weighted by atomic mass is 9.87. The molecule has 0 radical (unpaired) electrons. The topological polar surface area (TPSA) is 43.1 Å². The Balaban J connectivity index is 3.75. The number of rotatable bonds is 16. The van der Waals surface area contributed by atoms with E-state index in [1.54, 1.807) is 11.8 Å². The van der Waals surface area contributed by atoms with Crippen LogP contribution in [0.3, 0.4) is 0 Å². The summed E-state index contributed by atoms with van der Waals surface area (Å²) in [6, 6.07) is 0. The summed E-state index contributed by atoms with van der Waals surface area (Å²) in [4.78, 5) is 12.1. The third-order valence-electron chi connectivity index (χ3n) is 5.11. The number of carbonyl (C=O) groups excluding carboxylic acids is 1. The van der Waals surface area contributed by atoms with Gasteiger partial charge in [-0.05, 0) is 43.6 Å². The molecule has 0 saturated carbocycles. The fraction of sp³-hybridized carbons (Fsp3) is 0.952. The van der Waals surface area contributed by atoms with Gasteiger partial charge in [0.25, 0.3) is 0 Å². The predicted octanol–water partition coefficient (Wildman–Crippen LogP) is 6.42. The number of carbonyl (C=O) groups is 1. The average molecular weight is 358 g/mol. The molecule has 0 aromatic heterocycles. The molecule has 0 aromatic rings. The molecule has 0 saturated heterocycles. The number of hydrogen-bond acceptors (Lipinski definition) is 3. The molecule has 0 amide bonds. The molecule has 144 valence electrons. The summed E-state index contributed by atoms with van der Waals surface area (Å²) in [5.41, 5.74) is 5.50. The smallest absolute Gasteiger partial charge is 0.188 e. The first-order valence-electron chi connectivity index (χ1n) is 10.4. The van der Waals surface area contributed by atoms with Crippen LogP contribution >= 0.6 is 11.8 Å². The molecule has 0 fully saturated rings. The molecule has 2 N–H and O–H groups in total. The molecule has 0 aliphatic rings. The highest BCUT2D eigenvalue weighted by Crippen LogP contribution is 2.27. The fourth-order valence-electron chi connectivity index (χ4n) is 2.98. The van der Waals surface area contributed by atoms with Crippen LogP contribution in [0.2, 0.25) is 0 Å². The Hall–Kier alpha value is -0.0200. The van der Waals surface area contributed by atoms with Crippen LogP contribution in [0.4, 0.5) is 0 Å². The van der Waals surface area contributed by atoms with E-state index in [0.29, 0.717) is 11.0 Å². The lowest BCUT2D eigenvalue weighted by Gasteiger charge is -2.23. The molecule has 0 aliphatic heterocycles. The van der Waals surface area contributed by atoms with Gasteiger partial charge in [0.2, 0.25) is 0 Å². The molecule has 24 heavy (non-hydrogen) atoms. The van der Waals surface area contributed by atoms with E-state index in [2.05, 4.69) is 27.7 Å². The van der Waals surface area contributed by atoms with Gasteiger partial charge in [-0.3, -0.25) is 4.79 Å². The summed E-state index contributed by atoms with van der Waals surface area (Å²) < 4.78 is 0. The highest BCUT2D eigenvalue weighted by molar-refractivity contribution is 8.13. The minimum absolute atomic E-state index is 0.413. The first-order chi connectivity index (χ1) is 11.5. The highest BCUT2D eigenvalue weighted by Gasteiger charge is 2.18. The van der Waals surface area contributed by atoms with Crippen molar-refractivity contribution in [1.82, 2.24) is 0 Å². The van der Waals surface area contributed by atoms with Crippen LogP contribution in [-0.2, 0) is 4.79 Å². The summed E-state index contributed by atoms with van der Waals surface area (Å²) in [5.74, 6) is 3.23. The van der Waals surface area contributed by atoms with Gasteiger partial charge in [-0.15, -0.1) is 0 Å². The predicted molar refractivity (Wildman–Crippen MR) is 110 cm³/mol. The second-order valence-electron chi connectivity index (χ2n) is 7.81. The monoisotopic (exact) mass is 357 g/mol. The van der Waals surface area contributed by atoms with Gasteiger partial charge in [0.15, 0.2) is 5.12 Å². The lowest BCUT2D eigenvalue weighted by molar-refractivity contribution is -0.111. The summed E-state index contributed by atoms with van der Waals surface area (Å²) in [6.07, 6.45) is 13.1. The zero-order chi connectivity index (χ0) is 18.2. The minimum Gasteiger partial charge on any atom is -0.330 e. The first-order valence-corrected chi connectivity index (χ1v) is 11.3. The third kappa shape index (κ3) is 14.3. The number of thioether (sulfide) groups is 1. The van der Waals surface area contributed by atoms with E-state index in [-0.39, 0.29) is 0 Å². The van der Waals surface area contributed by atoms with Gasteiger partial charge < -0.3 is 5.73 Å². The Bertz CT molecular complexity index is 294. The van der Waals surface area contributed by atoms with Crippen molar-refractivity contribution in [3.05, 3.63) is 0 Å². The largest absolute Gasteiger partial charge is 0.330 e. The molecule has 2 atom stereocenters. The quantitative estimate of drug-likeness (QED) is 0.324. The van der Waals surface area contributed by atoms with Crippen LogP contribution in [0.1, 0.15) is 98.3 Å².